The first kappa shape index (κ1) is 29.3. The summed E-state index contributed by atoms with van der Waals surface area (Å²) in [5.74, 6) is 0. The van der Waals surface area contributed by atoms with Crippen LogP contribution in [0.5, 0.6) is 0 Å². The van der Waals surface area contributed by atoms with Crippen LogP contribution in [-0.4, -0.2) is 44.8 Å². The van der Waals surface area contributed by atoms with Crippen LogP contribution in [0.15, 0.2) is 133 Å². The summed E-state index contributed by atoms with van der Waals surface area (Å²) in [6.07, 6.45) is 0. The van der Waals surface area contributed by atoms with Crippen LogP contribution in [0.1, 0.15) is 11.1 Å². The van der Waals surface area contributed by atoms with E-state index in [1.54, 1.807) is 0 Å². The first-order valence-corrected chi connectivity index (χ1v) is 20.5. The zero-order valence-electron chi connectivity index (χ0n) is 27.0. The number of benzene rings is 6. The number of nitrogens with zero attached hydrogens (tertiary/aromatic N) is 2. The van der Waals surface area contributed by atoms with Gasteiger partial charge < -0.3 is 13.9 Å². The standard InChI is InChI=1S/C40H40N2OSi2/c1-41(2)33-25-13-21-29-23-15-27-35(37(29)33)44(5)39(31-17-9-7-10-18-31)40(32-19-11-8-12-20-32)45(6,43-44)36-28-16-24-30-22-14-26-34(38(30)36)42(3)4/h7-28H,1-6H3. The molecule has 0 spiro atoms. The number of hydrogen-bond acceptors (Lipinski definition) is 3. The van der Waals surface area contributed by atoms with E-state index >= 15 is 0 Å². The Morgan fingerprint density at radius 1 is 0.422 bits per heavy atom. The second-order valence-electron chi connectivity index (χ2n) is 12.8. The molecule has 3 nitrogen and oxygen atoms in total. The first-order chi connectivity index (χ1) is 21.7. The molecular weight excluding hydrogens is 581 g/mol. The van der Waals surface area contributed by atoms with Crippen LogP contribution in [0.2, 0.25) is 13.1 Å². The van der Waals surface area contributed by atoms with Crippen LogP contribution in [0.4, 0.5) is 11.4 Å². The largest absolute Gasteiger partial charge is 0.442 e. The van der Waals surface area contributed by atoms with Crippen molar-refractivity contribution < 1.29 is 4.12 Å². The Morgan fingerprint density at radius 2 is 0.778 bits per heavy atom. The molecule has 0 N–H and O–H groups in total. The molecule has 0 saturated carbocycles. The first-order valence-electron chi connectivity index (χ1n) is 15.7. The summed E-state index contributed by atoms with van der Waals surface area (Å²) in [5.41, 5.74) is 4.97. The molecule has 0 aromatic heterocycles. The van der Waals surface area contributed by atoms with E-state index < -0.39 is 16.6 Å². The molecule has 6 aromatic rings. The van der Waals surface area contributed by atoms with Gasteiger partial charge in [-0.3, -0.25) is 0 Å². The van der Waals surface area contributed by atoms with Crippen LogP contribution < -0.4 is 20.2 Å². The molecule has 0 amide bonds. The highest BCUT2D eigenvalue weighted by Gasteiger charge is 2.57. The van der Waals surface area contributed by atoms with Gasteiger partial charge in [-0.25, -0.2) is 0 Å². The van der Waals surface area contributed by atoms with Crippen LogP contribution >= 0.6 is 0 Å². The van der Waals surface area contributed by atoms with Gasteiger partial charge in [0.2, 0.25) is 16.6 Å². The van der Waals surface area contributed by atoms with Gasteiger partial charge in [-0.15, -0.1) is 0 Å². The minimum Gasteiger partial charge on any atom is -0.442 e. The van der Waals surface area contributed by atoms with Crippen LogP contribution in [0.3, 0.4) is 0 Å². The second-order valence-corrected chi connectivity index (χ2v) is 19.8. The van der Waals surface area contributed by atoms with E-state index in [9.17, 15) is 0 Å². The van der Waals surface area contributed by atoms with E-state index in [2.05, 4.69) is 185 Å². The van der Waals surface area contributed by atoms with Crippen molar-refractivity contribution in [2.24, 2.45) is 0 Å². The highest BCUT2D eigenvalue weighted by Crippen LogP contribution is 2.49. The fourth-order valence-electron chi connectivity index (χ4n) is 7.60. The van der Waals surface area contributed by atoms with Gasteiger partial charge in [-0.05, 0) is 67.9 Å². The lowest BCUT2D eigenvalue weighted by atomic mass is 10.1. The number of rotatable bonds is 6. The van der Waals surface area contributed by atoms with Crippen molar-refractivity contribution >= 4 is 70.3 Å². The molecule has 1 aliphatic heterocycles. The molecule has 2 unspecified atom stereocenters. The van der Waals surface area contributed by atoms with Crippen molar-refractivity contribution in [3.05, 3.63) is 145 Å². The van der Waals surface area contributed by atoms with E-state index in [1.807, 2.05) is 0 Å². The van der Waals surface area contributed by atoms with Gasteiger partial charge in [0.1, 0.15) is 0 Å². The van der Waals surface area contributed by atoms with Gasteiger partial charge in [0.15, 0.2) is 0 Å². The molecule has 6 aromatic carbocycles. The number of anilines is 2. The Morgan fingerprint density at radius 3 is 1.13 bits per heavy atom. The molecular formula is C40H40N2OSi2. The van der Waals surface area contributed by atoms with E-state index in [-0.39, 0.29) is 0 Å². The number of fused-ring (bicyclic) bond motifs is 2. The maximum Gasteiger partial charge on any atom is 0.243 e. The summed E-state index contributed by atoms with van der Waals surface area (Å²) in [4.78, 5) is 4.49. The quantitative estimate of drug-likeness (QED) is 0.175. The molecule has 0 aliphatic carbocycles. The lowest BCUT2D eigenvalue weighted by molar-refractivity contribution is 0.597. The van der Waals surface area contributed by atoms with Gasteiger partial charge in [0, 0.05) is 50.3 Å². The predicted molar refractivity (Wildman–Crippen MR) is 200 cm³/mol. The monoisotopic (exact) mass is 620 g/mol. The second kappa shape index (κ2) is 11.2. The SMILES string of the molecule is CN(C)c1cccc2cccc([Si]3(C)O[Si](C)(c4cccc5cccc(N(C)C)c45)C(c4ccccc4)=C3c3ccccc3)c12. The summed E-state index contributed by atoms with van der Waals surface area (Å²) in [6, 6.07) is 49.0. The molecule has 7 rings (SSSR count). The predicted octanol–water partition coefficient (Wildman–Crippen LogP) is 8.11. The van der Waals surface area contributed by atoms with Crippen molar-refractivity contribution in [2.45, 2.75) is 13.1 Å². The van der Waals surface area contributed by atoms with Crippen molar-refractivity contribution in [2.75, 3.05) is 38.0 Å². The highest BCUT2D eigenvalue weighted by atomic mass is 28.4. The topological polar surface area (TPSA) is 15.7 Å². The van der Waals surface area contributed by atoms with Crippen LogP contribution in [0, 0.1) is 0 Å². The number of hydrogen-bond donors (Lipinski definition) is 0. The third-order valence-corrected chi connectivity index (χ3v) is 18.9. The molecule has 224 valence electrons. The normalized spacial score (nSPS) is 19.8. The molecule has 1 aliphatic rings. The van der Waals surface area contributed by atoms with Crippen LogP contribution in [0.25, 0.3) is 31.9 Å². The summed E-state index contributed by atoms with van der Waals surface area (Å²) < 4.78 is 8.09. The molecule has 1 heterocycles. The van der Waals surface area contributed by atoms with Gasteiger partial charge in [-0.1, -0.05) is 121 Å². The Kier molecular flexibility index (Phi) is 7.28. The molecule has 0 radical (unpaired) electrons. The van der Waals surface area contributed by atoms with E-state index in [4.69, 9.17) is 4.12 Å². The van der Waals surface area contributed by atoms with E-state index in [1.165, 1.54) is 64.8 Å². The smallest absolute Gasteiger partial charge is 0.243 e. The lowest BCUT2D eigenvalue weighted by Gasteiger charge is -2.34. The van der Waals surface area contributed by atoms with Gasteiger partial charge in [0.05, 0.1) is 0 Å². The van der Waals surface area contributed by atoms with Crippen molar-refractivity contribution in [1.29, 1.82) is 0 Å². The van der Waals surface area contributed by atoms with Crippen molar-refractivity contribution in [3.63, 3.8) is 0 Å². The zero-order chi connectivity index (χ0) is 31.3. The highest BCUT2D eigenvalue weighted by molar-refractivity contribution is 7.21. The summed E-state index contributed by atoms with van der Waals surface area (Å²) in [6.45, 7) is 4.91. The molecule has 2 atom stereocenters. The van der Waals surface area contributed by atoms with E-state index in [0.29, 0.717) is 0 Å². The Labute approximate surface area is 269 Å². The fourth-order valence-corrected chi connectivity index (χ4v) is 19.5. The van der Waals surface area contributed by atoms with E-state index in [0.717, 1.165) is 0 Å². The minimum absolute atomic E-state index is 1.23. The zero-order valence-corrected chi connectivity index (χ0v) is 29.0. The summed E-state index contributed by atoms with van der Waals surface area (Å²) in [5, 5.41) is 10.5. The third kappa shape index (κ3) is 4.65. The Bertz CT molecular complexity index is 1910. The lowest BCUT2D eigenvalue weighted by Crippen LogP contribution is -2.56. The Hall–Kier alpha value is -4.43. The molecule has 45 heavy (non-hydrogen) atoms. The molecule has 5 heteroatoms. The molecule has 0 fully saturated rings. The van der Waals surface area contributed by atoms with Crippen molar-refractivity contribution in [3.8, 4) is 0 Å². The minimum atomic E-state index is -2.87. The summed E-state index contributed by atoms with van der Waals surface area (Å²) >= 11 is 0. The third-order valence-electron chi connectivity index (χ3n) is 9.49. The maximum absolute atomic E-state index is 8.09. The van der Waals surface area contributed by atoms with Gasteiger partial charge in [-0.2, -0.15) is 0 Å². The average molecular weight is 621 g/mol. The fraction of sp³-hybridized carbons (Fsp3) is 0.150. The van der Waals surface area contributed by atoms with Crippen molar-refractivity contribution in [1.82, 2.24) is 0 Å². The van der Waals surface area contributed by atoms with Gasteiger partial charge >= 0.3 is 0 Å². The van der Waals surface area contributed by atoms with Gasteiger partial charge in [0.25, 0.3) is 0 Å². The average Bonchev–Trinajstić information content (AvgIpc) is 3.32. The Balaban J connectivity index is 1.65. The molecule has 0 saturated heterocycles. The molecule has 0 bridgehead atoms. The maximum atomic E-state index is 8.09. The van der Waals surface area contributed by atoms with Crippen LogP contribution in [-0.2, 0) is 4.12 Å². The summed E-state index contributed by atoms with van der Waals surface area (Å²) in [7, 11) is 2.84.